The maximum Gasteiger partial charge on any atom is 0.329 e. The van der Waals surface area contributed by atoms with E-state index >= 15 is 0 Å². The van der Waals surface area contributed by atoms with Crippen molar-refractivity contribution in [2.45, 2.75) is 19.4 Å². The normalized spacial score (nSPS) is 13.6. The second-order valence-corrected chi connectivity index (χ2v) is 3.87. The number of carbonyl (C=O) groups excluding carboxylic acids is 2. The van der Waals surface area contributed by atoms with Crippen LogP contribution in [0.1, 0.15) is 17.5 Å². The van der Waals surface area contributed by atoms with Crippen molar-refractivity contribution < 1.29 is 9.59 Å². The molecular formula is C11H14N4O2. The Kier molecular flexibility index (Phi) is 3.24. The van der Waals surface area contributed by atoms with Crippen LogP contribution in [0.5, 0.6) is 0 Å². The van der Waals surface area contributed by atoms with E-state index in [2.05, 4.69) is 10.6 Å². The van der Waals surface area contributed by atoms with Crippen LogP contribution in [-0.4, -0.2) is 11.9 Å². The van der Waals surface area contributed by atoms with Crippen molar-refractivity contribution in [3.63, 3.8) is 0 Å². The Balaban J connectivity index is 2.06. The number of rotatable bonds is 2. The average Bonchev–Trinajstić information content (AvgIpc) is 2.35. The van der Waals surface area contributed by atoms with Crippen LogP contribution in [0.3, 0.4) is 0 Å². The van der Waals surface area contributed by atoms with E-state index in [0.29, 0.717) is 13.0 Å². The van der Waals surface area contributed by atoms with E-state index in [4.69, 9.17) is 5.84 Å². The van der Waals surface area contributed by atoms with Gasteiger partial charge in [-0.15, -0.1) is 0 Å². The molecule has 1 aliphatic rings. The molecule has 17 heavy (non-hydrogen) atoms. The Morgan fingerprint density at radius 3 is 3.00 bits per heavy atom. The third kappa shape index (κ3) is 2.73. The average molecular weight is 234 g/mol. The Labute approximate surface area is 98.5 Å². The van der Waals surface area contributed by atoms with Crippen LogP contribution in [0, 0.1) is 0 Å². The van der Waals surface area contributed by atoms with Gasteiger partial charge in [0.15, 0.2) is 0 Å². The van der Waals surface area contributed by atoms with Crippen molar-refractivity contribution >= 4 is 17.6 Å². The first-order valence-corrected chi connectivity index (χ1v) is 5.35. The number of fused-ring (bicyclic) bond motifs is 1. The minimum Gasteiger partial charge on any atom is -0.333 e. The summed E-state index contributed by atoms with van der Waals surface area (Å²) in [7, 11) is 0. The molecule has 1 heterocycles. The highest BCUT2D eigenvalue weighted by Gasteiger charge is 2.14. The summed E-state index contributed by atoms with van der Waals surface area (Å²) >= 11 is 0. The van der Waals surface area contributed by atoms with Gasteiger partial charge in [-0.1, -0.05) is 12.1 Å². The molecule has 1 aliphatic heterocycles. The molecule has 0 aliphatic carbocycles. The van der Waals surface area contributed by atoms with Gasteiger partial charge in [0, 0.05) is 18.7 Å². The standard InChI is InChI=1S/C11H14N4O2/c12-15-11(17)13-6-7-1-3-9-8(5-7)2-4-10(16)14-9/h1,3,5H,2,4,6,12H2,(H,14,16)(H2,13,15,17). The van der Waals surface area contributed by atoms with Gasteiger partial charge >= 0.3 is 6.03 Å². The van der Waals surface area contributed by atoms with E-state index in [-0.39, 0.29) is 5.91 Å². The van der Waals surface area contributed by atoms with Crippen molar-refractivity contribution in [1.82, 2.24) is 10.7 Å². The lowest BCUT2D eigenvalue weighted by Gasteiger charge is -2.17. The van der Waals surface area contributed by atoms with Crippen molar-refractivity contribution in [2.75, 3.05) is 5.32 Å². The van der Waals surface area contributed by atoms with E-state index in [1.165, 1.54) is 0 Å². The molecule has 0 bridgehead atoms. The lowest BCUT2D eigenvalue weighted by molar-refractivity contribution is -0.116. The molecule has 6 heteroatoms. The van der Waals surface area contributed by atoms with Gasteiger partial charge in [0.05, 0.1) is 0 Å². The van der Waals surface area contributed by atoms with Gasteiger partial charge < -0.3 is 10.6 Å². The number of nitrogens with two attached hydrogens (primary N) is 1. The topological polar surface area (TPSA) is 96.2 Å². The quantitative estimate of drug-likeness (QED) is 0.335. The van der Waals surface area contributed by atoms with Crippen LogP contribution in [0.2, 0.25) is 0 Å². The van der Waals surface area contributed by atoms with E-state index in [1.54, 1.807) is 0 Å². The molecule has 0 spiro atoms. The maximum absolute atomic E-state index is 11.2. The summed E-state index contributed by atoms with van der Waals surface area (Å²) in [6, 6.07) is 5.27. The number of nitrogens with one attached hydrogen (secondary N) is 3. The van der Waals surface area contributed by atoms with Gasteiger partial charge in [-0.05, 0) is 23.6 Å². The number of benzene rings is 1. The highest BCUT2D eigenvalue weighted by molar-refractivity contribution is 5.93. The Morgan fingerprint density at radius 1 is 1.41 bits per heavy atom. The molecular weight excluding hydrogens is 220 g/mol. The second-order valence-electron chi connectivity index (χ2n) is 3.87. The Morgan fingerprint density at radius 2 is 2.24 bits per heavy atom. The maximum atomic E-state index is 11.2. The molecule has 3 amide bonds. The third-order valence-corrected chi connectivity index (χ3v) is 2.65. The van der Waals surface area contributed by atoms with Gasteiger partial charge in [-0.3, -0.25) is 10.2 Å². The number of hydrogen-bond acceptors (Lipinski definition) is 3. The van der Waals surface area contributed by atoms with Crippen molar-refractivity contribution in [2.24, 2.45) is 5.84 Å². The molecule has 1 aromatic carbocycles. The van der Waals surface area contributed by atoms with Crippen LogP contribution < -0.4 is 21.9 Å². The molecule has 90 valence electrons. The predicted molar refractivity (Wildman–Crippen MR) is 63.0 cm³/mol. The number of urea groups is 1. The molecule has 2 rings (SSSR count). The summed E-state index contributed by atoms with van der Waals surface area (Å²) in [5, 5.41) is 5.41. The monoisotopic (exact) mass is 234 g/mol. The number of hydrogen-bond donors (Lipinski definition) is 4. The van der Waals surface area contributed by atoms with Gasteiger partial charge in [-0.2, -0.15) is 0 Å². The number of amides is 3. The van der Waals surface area contributed by atoms with E-state index in [9.17, 15) is 9.59 Å². The van der Waals surface area contributed by atoms with Gasteiger partial charge in [0.2, 0.25) is 5.91 Å². The summed E-state index contributed by atoms with van der Waals surface area (Å²) in [6.45, 7) is 0.407. The summed E-state index contributed by atoms with van der Waals surface area (Å²) in [4.78, 5) is 22.1. The van der Waals surface area contributed by atoms with E-state index in [1.807, 2.05) is 23.6 Å². The fourth-order valence-corrected chi connectivity index (χ4v) is 1.78. The molecule has 0 saturated heterocycles. The SMILES string of the molecule is NNC(=O)NCc1ccc2c(c1)CCC(=O)N2. The van der Waals surface area contributed by atoms with Gasteiger partial charge in [-0.25, -0.2) is 10.6 Å². The summed E-state index contributed by atoms with van der Waals surface area (Å²) in [6.07, 6.45) is 1.24. The molecule has 6 nitrogen and oxygen atoms in total. The first-order valence-electron chi connectivity index (χ1n) is 5.35. The summed E-state index contributed by atoms with van der Waals surface area (Å²) < 4.78 is 0. The predicted octanol–water partition coefficient (Wildman–Crippen LogP) is 0.244. The molecule has 0 saturated carbocycles. The van der Waals surface area contributed by atoms with E-state index < -0.39 is 6.03 Å². The van der Waals surface area contributed by atoms with Crippen molar-refractivity contribution in [3.8, 4) is 0 Å². The van der Waals surface area contributed by atoms with Crippen LogP contribution in [-0.2, 0) is 17.8 Å². The zero-order chi connectivity index (χ0) is 12.3. The minimum atomic E-state index is -0.420. The lowest BCUT2D eigenvalue weighted by Crippen LogP contribution is -2.39. The van der Waals surface area contributed by atoms with Gasteiger partial charge in [0.25, 0.3) is 0 Å². The summed E-state index contributed by atoms with van der Waals surface area (Å²) in [5.41, 5.74) is 4.92. The molecule has 0 radical (unpaired) electrons. The van der Waals surface area contributed by atoms with Crippen LogP contribution in [0.15, 0.2) is 18.2 Å². The molecule has 0 unspecified atom stereocenters. The number of aryl methyl sites for hydroxylation is 1. The van der Waals surface area contributed by atoms with Crippen LogP contribution in [0.25, 0.3) is 0 Å². The zero-order valence-corrected chi connectivity index (χ0v) is 9.25. The summed E-state index contributed by atoms with van der Waals surface area (Å²) in [5.74, 6) is 5.00. The van der Waals surface area contributed by atoms with Crippen LogP contribution >= 0.6 is 0 Å². The fraction of sp³-hybridized carbons (Fsp3) is 0.273. The highest BCUT2D eigenvalue weighted by atomic mass is 16.2. The molecule has 5 N–H and O–H groups in total. The number of anilines is 1. The molecule has 0 atom stereocenters. The van der Waals surface area contributed by atoms with Crippen molar-refractivity contribution in [1.29, 1.82) is 0 Å². The van der Waals surface area contributed by atoms with Crippen molar-refractivity contribution in [3.05, 3.63) is 29.3 Å². The zero-order valence-electron chi connectivity index (χ0n) is 9.25. The fourth-order valence-electron chi connectivity index (χ4n) is 1.78. The second kappa shape index (κ2) is 4.84. The van der Waals surface area contributed by atoms with Crippen LogP contribution in [0.4, 0.5) is 10.5 Å². The number of carbonyl (C=O) groups is 2. The molecule has 0 fully saturated rings. The largest absolute Gasteiger partial charge is 0.333 e. The molecule has 1 aromatic rings. The highest BCUT2D eigenvalue weighted by Crippen LogP contribution is 2.23. The Bertz CT molecular complexity index is 459. The minimum absolute atomic E-state index is 0.0471. The van der Waals surface area contributed by atoms with Gasteiger partial charge in [0.1, 0.15) is 0 Å². The molecule has 0 aromatic heterocycles. The number of hydrazine groups is 1. The first-order chi connectivity index (χ1) is 8.19. The third-order valence-electron chi connectivity index (χ3n) is 2.65. The smallest absolute Gasteiger partial charge is 0.329 e. The first kappa shape index (κ1) is 11.4. The van der Waals surface area contributed by atoms with E-state index in [0.717, 1.165) is 23.2 Å². The Hall–Kier alpha value is -2.08. The lowest BCUT2D eigenvalue weighted by atomic mass is 10.0.